The third kappa shape index (κ3) is 6.44. The standard InChI is InChI=1S/C15H24FNO3S/c1-4-5-17-11-13-8-14(16)10-15(9-13)20-6-7-21(18,19)12(2)3/h8-10,12,17H,4-7,11H2,1-3H3. The molecule has 0 amide bonds. The third-order valence-corrected chi connectivity index (χ3v) is 5.21. The highest BCUT2D eigenvalue weighted by molar-refractivity contribution is 7.91. The van der Waals surface area contributed by atoms with Crippen molar-refractivity contribution >= 4 is 9.84 Å². The SMILES string of the molecule is CCCNCc1cc(F)cc(OCCS(=O)(=O)C(C)C)c1. The van der Waals surface area contributed by atoms with Crippen LogP contribution in [-0.2, 0) is 16.4 Å². The summed E-state index contributed by atoms with van der Waals surface area (Å²) in [5, 5.41) is 2.75. The van der Waals surface area contributed by atoms with Gasteiger partial charge in [0.05, 0.1) is 11.0 Å². The first-order valence-electron chi connectivity index (χ1n) is 7.19. The Labute approximate surface area is 126 Å². The Hall–Kier alpha value is -1.14. The van der Waals surface area contributed by atoms with E-state index in [1.165, 1.54) is 12.1 Å². The van der Waals surface area contributed by atoms with Gasteiger partial charge in [0.2, 0.25) is 0 Å². The smallest absolute Gasteiger partial charge is 0.155 e. The van der Waals surface area contributed by atoms with Crippen molar-refractivity contribution in [1.82, 2.24) is 5.32 Å². The minimum absolute atomic E-state index is 0.0335. The van der Waals surface area contributed by atoms with Crippen molar-refractivity contribution in [3.8, 4) is 5.75 Å². The molecule has 4 nitrogen and oxygen atoms in total. The molecule has 0 radical (unpaired) electrons. The largest absolute Gasteiger partial charge is 0.492 e. The van der Waals surface area contributed by atoms with Crippen LogP contribution in [0.4, 0.5) is 4.39 Å². The number of hydrogen-bond donors (Lipinski definition) is 1. The Kier molecular flexibility index (Phi) is 7.11. The first kappa shape index (κ1) is 17.9. The second-order valence-corrected chi connectivity index (χ2v) is 7.91. The Balaban J connectivity index is 2.59. The van der Waals surface area contributed by atoms with Crippen LogP contribution in [-0.4, -0.2) is 32.6 Å². The van der Waals surface area contributed by atoms with Crippen molar-refractivity contribution in [2.75, 3.05) is 18.9 Å². The van der Waals surface area contributed by atoms with Crippen LogP contribution in [0.5, 0.6) is 5.75 Å². The van der Waals surface area contributed by atoms with Crippen LogP contribution in [0.15, 0.2) is 18.2 Å². The molecule has 1 rings (SSSR count). The average molecular weight is 317 g/mol. The van der Waals surface area contributed by atoms with Gasteiger partial charge in [0, 0.05) is 12.6 Å². The topological polar surface area (TPSA) is 55.4 Å². The third-order valence-electron chi connectivity index (χ3n) is 3.04. The lowest BCUT2D eigenvalue weighted by molar-refractivity contribution is 0.338. The summed E-state index contributed by atoms with van der Waals surface area (Å²) < 4.78 is 42.2. The maximum absolute atomic E-state index is 13.5. The molecule has 0 unspecified atom stereocenters. The summed E-state index contributed by atoms with van der Waals surface area (Å²) in [5.41, 5.74) is 0.783. The second-order valence-electron chi connectivity index (χ2n) is 5.24. The maximum Gasteiger partial charge on any atom is 0.155 e. The molecule has 0 fully saturated rings. The van der Waals surface area contributed by atoms with E-state index in [1.807, 2.05) is 0 Å². The molecule has 0 heterocycles. The fourth-order valence-corrected chi connectivity index (χ4v) is 2.51. The van der Waals surface area contributed by atoms with E-state index in [-0.39, 0.29) is 18.2 Å². The van der Waals surface area contributed by atoms with Gasteiger partial charge in [0.15, 0.2) is 9.84 Å². The molecule has 0 aliphatic carbocycles. The molecule has 0 saturated carbocycles. The number of ether oxygens (including phenoxy) is 1. The van der Waals surface area contributed by atoms with E-state index in [1.54, 1.807) is 19.9 Å². The second kappa shape index (κ2) is 8.34. The summed E-state index contributed by atoms with van der Waals surface area (Å²) >= 11 is 0. The van der Waals surface area contributed by atoms with E-state index in [9.17, 15) is 12.8 Å². The normalized spacial score (nSPS) is 11.9. The molecule has 6 heteroatoms. The molecule has 1 N–H and O–H groups in total. The van der Waals surface area contributed by atoms with Gasteiger partial charge in [-0.25, -0.2) is 12.8 Å². The van der Waals surface area contributed by atoms with Crippen LogP contribution in [0, 0.1) is 5.82 Å². The Morgan fingerprint density at radius 3 is 2.62 bits per heavy atom. The number of hydrogen-bond acceptors (Lipinski definition) is 4. The summed E-state index contributed by atoms with van der Waals surface area (Å²) in [7, 11) is -3.14. The Morgan fingerprint density at radius 2 is 2.00 bits per heavy atom. The van der Waals surface area contributed by atoms with Crippen LogP contribution < -0.4 is 10.1 Å². The molecule has 0 aromatic heterocycles. The maximum atomic E-state index is 13.5. The fourth-order valence-electron chi connectivity index (χ4n) is 1.73. The molecule has 0 aliphatic heterocycles. The first-order valence-corrected chi connectivity index (χ1v) is 8.91. The van der Waals surface area contributed by atoms with Gasteiger partial charge in [-0.3, -0.25) is 0 Å². The number of sulfone groups is 1. The van der Waals surface area contributed by atoms with Crippen LogP contribution in [0.3, 0.4) is 0 Å². The minimum atomic E-state index is -3.14. The predicted octanol–water partition coefficient (Wildman–Crippen LogP) is 2.53. The molecule has 0 spiro atoms. The first-order chi connectivity index (χ1) is 9.85. The summed E-state index contributed by atoms with van der Waals surface area (Å²) in [5.74, 6) is -0.0836. The van der Waals surface area contributed by atoms with E-state index >= 15 is 0 Å². The molecule has 1 aromatic rings. The van der Waals surface area contributed by atoms with Crippen LogP contribution in [0.25, 0.3) is 0 Å². The number of nitrogens with one attached hydrogen (secondary N) is 1. The average Bonchev–Trinajstić information content (AvgIpc) is 2.38. The highest BCUT2D eigenvalue weighted by Crippen LogP contribution is 2.17. The molecule has 21 heavy (non-hydrogen) atoms. The fraction of sp³-hybridized carbons (Fsp3) is 0.600. The van der Waals surface area contributed by atoms with Gasteiger partial charge in [-0.1, -0.05) is 6.92 Å². The quantitative estimate of drug-likeness (QED) is 0.711. The van der Waals surface area contributed by atoms with Crippen molar-refractivity contribution in [3.05, 3.63) is 29.6 Å². The number of halogens is 1. The molecule has 120 valence electrons. The van der Waals surface area contributed by atoms with Gasteiger partial charge < -0.3 is 10.1 Å². The molecule has 0 bridgehead atoms. The van der Waals surface area contributed by atoms with Gasteiger partial charge in [-0.2, -0.15) is 0 Å². The van der Waals surface area contributed by atoms with Gasteiger partial charge in [-0.05, 0) is 44.5 Å². The van der Waals surface area contributed by atoms with E-state index in [0.29, 0.717) is 12.3 Å². The zero-order chi connectivity index (χ0) is 15.9. The van der Waals surface area contributed by atoms with Crippen molar-refractivity contribution in [1.29, 1.82) is 0 Å². The summed E-state index contributed by atoms with van der Waals surface area (Å²) in [6.07, 6.45) is 1.01. The zero-order valence-electron chi connectivity index (χ0n) is 12.9. The summed E-state index contributed by atoms with van der Waals surface area (Å²) in [6.45, 7) is 6.78. The number of rotatable bonds is 9. The van der Waals surface area contributed by atoms with Crippen molar-refractivity contribution in [3.63, 3.8) is 0 Å². The van der Waals surface area contributed by atoms with Crippen LogP contribution in [0.2, 0.25) is 0 Å². The Bertz CT molecular complexity index is 544. The molecule has 0 atom stereocenters. The summed E-state index contributed by atoms with van der Waals surface area (Å²) in [6, 6.07) is 4.44. The summed E-state index contributed by atoms with van der Waals surface area (Å²) in [4.78, 5) is 0. The molecule has 0 aliphatic rings. The lowest BCUT2D eigenvalue weighted by Gasteiger charge is -2.11. The van der Waals surface area contributed by atoms with Crippen LogP contribution in [0.1, 0.15) is 32.8 Å². The van der Waals surface area contributed by atoms with Crippen molar-refractivity contribution in [2.24, 2.45) is 0 Å². The van der Waals surface area contributed by atoms with E-state index in [2.05, 4.69) is 12.2 Å². The monoisotopic (exact) mass is 317 g/mol. The Morgan fingerprint density at radius 1 is 1.29 bits per heavy atom. The van der Waals surface area contributed by atoms with Crippen molar-refractivity contribution < 1.29 is 17.5 Å². The predicted molar refractivity (Wildman–Crippen MR) is 82.8 cm³/mol. The van der Waals surface area contributed by atoms with Gasteiger partial charge >= 0.3 is 0 Å². The number of benzene rings is 1. The van der Waals surface area contributed by atoms with E-state index < -0.39 is 15.1 Å². The molecular weight excluding hydrogens is 293 g/mol. The highest BCUT2D eigenvalue weighted by Gasteiger charge is 2.16. The van der Waals surface area contributed by atoms with E-state index in [0.717, 1.165) is 18.5 Å². The van der Waals surface area contributed by atoms with Crippen molar-refractivity contribution in [2.45, 2.75) is 39.0 Å². The van der Waals surface area contributed by atoms with E-state index in [4.69, 9.17) is 4.74 Å². The minimum Gasteiger partial charge on any atom is -0.492 e. The molecular formula is C15H24FNO3S. The van der Waals surface area contributed by atoms with Gasteiger partial charge in [0.25, 0.3) is 0 Å². The zero-order valence-corrected chi connectivity index (χ0v) is 13.7. The molecule has 1 aromatic carbocycles. The van der Waals surface area contributed by atoms with Gasteiger partial charge in [0.1, 0.15) is 18.2 Å². The highest BCUT2D eigenvalue weighted by atomic mass is 32.2. The van der Waals surface area contributed by atoms with Crippen LogP contribution >= 0.6 is 0 Å². The lowest BCUT2D eigenvalue weighted by atomic mass is 10.2. The molecule has 0 saturated heterocycles. The lowest BCUT2D eigenvalue weighted by Crippen LogP contribution is -2.22. The van der Waals surface area contributed by atoms with Gasteiger partial charge in [-0.15, -0.1) is 0 Å².